The molecule has 1 saturated heterocycles. The van der Waals surface area contributed by atoms with E-state index in [-0.39, 0.29) is 18.4 Å². The van der Waals surface area contributed by atoms with Crippen molar-refractivity contribution < 1.29 is 34.5 Å². The minimum atomic E-state index is -3.07. The predicted octanol–water partition coefficient (Wildman–Crippen LogP) is 1.05. The number of methoxy groups -OCH3 is 1. The van der Waals surface area contributed by atoms with Gasteiger partial charge in [0.1, 0.15) is 0 Å². The van der Waals surface area contributed by atoms with Gasteiger partial charge in [-0.25, -0.2) is 0 Å². The van der Waals surface area contributed by atoms with Crippen LogP contribution < -0.4 is 9.47 Å². The molecule has 1 spiro atoms. The quantitative estimate of drug-likeness (QED) is 0.836. The first-order valence-corrected chi connectivity index (χ1v) is 7.43. The van der Waals surface area contributed by atoms with Crippen LogP contribution >= 0.6 is 0 Å². The predicted molar refractivity (Wildman–Crippen MR) is 83.0 cm³/mol. The first-order valence-electron chi connectivity index (χ1n) is 12.9. The van der Waals surface area contributed by atoms with Crippen molar-refractivity contribution in [2.24, 2.45) is 0 Å². The van der Waals surface area contributed by atoms with Crippen molar-refractivity contribution in [3.63, 3.8) is 0 Å². The van der Waals surface area contributed by atoms with E-state index in [1.165, 1.54) is 0 Å². The van der Waals surface area contributed by atoms with E-state index in [1.54, 1.807) is 0 Å². The molecule has 5 nitrogen and oxygen atoms in total. The third-order valence-corrected chi connectivity index (χ3v) is 5.61. The van der Waals surface area contributed by atoms with Crippen LogP contribution in [0, 0.1) is 0 Å². The number of ketones is 1. The number of carbonyl (C=O) groups excluding carboxylic acids is 1. The molecule has 5 heteroatoms. The molecule has 1 aromatic rings. The van der Waals surface area contributed by atoms with Crippen molar-refractivity contribution in [2.45, 2.75) is 48.8 Å². The zero-order chi connectivity index (χ0) is 25.4. The average Bonchev–Trinajstić information content (AvgIpc) is 3.01. The number of benzene rings is 1. The fraction of sp³-hybridized carbons (Fsp3) is 0.611. The topological polar surface area (TPSA) is 59.0 Å². The molecule has 1 saturated carbocycles. The number of likely N-dealkylation sites (tertiary alicyclic amines) is 1. The molecule has 2 aliphatic carbocycles. The Kier molecular flexibility index (Phi) is 1.19. The molecule has 122 valence electrons. The zero-order valence-electron chi connectivity index (χ0n) is 23.0. The third-order valence-electron chi connectivity index (χ3n) is 5.61. The largest absolute Gasteiger partial charge is 0.493 e. The maximum atomic E-state index is 13.0. The summed E-state index contributed by atoms with van der Waals surface area (Å²) in [5.74, 6) is -1.62. The van der Waals surface area contributed by atoms with Crippen molar-refractivity contribution in [3.8, 4) is 11.5 Å². The summed E-state index contributed by atoms with van der Waals surface area (Å²) in [6.45, 7) is -3.40. The summed E-state index contributed by atoms with van der Waals surface area (Å²) >= 11 is 0. The third kappa shape index (κ3) is 1.32. The van der Waals surface area contributed by atoms with E-state index in [0.717, 1.165) is 0 Å². The zero-order valence-corrected chi connectivity index (χ0v) is 12.0. The summed E-state index contributed by atoms with van der Waals surface area (Å²) in [7, 11) is -3.07. The van der Waals surface area contributed by atoms with Crippen molar-refractivity contribution in [1.29, 1.82) is 0 Å². The van der Waals surface area contributed by atoms with Gasteiger partial charge in [0.2, 0.25) is 0 Å². The lowest BCUT2D eigenvalue weighted by Gasteiger charge is -2.62. The SMILES string of the molecule is [2H]c1c([2H])c2c3c(c1OC([2H])([2H])[2H])OC1C(=O)CC[C@]4(O)[C@@]31CCN(C([2H])([2H])[2H])[C@]4([2H])C2([2H])[2H]. The van der Waals surface area contributed by atoms with E-state index in [2.05, 4.69) is 0 Å². The second-order valence-electron chi connectivity index (χ2n) is 6.43. The van der Waals surface area contributed by atoms with Gasteiger partial charge in [0.25, 0.3) is 0 Å². The number of likely N-dealkylation sites (N-methyl/N-ethyl adjacent to an activating group) is 1. The molecule has 0 amide bonds. The number of nitrogens with zero attached hydrogens (tertiary/aromatic N) is 1. The molecule has 0 radical (unpaired) electrons. The number of aliphatic hydroxyl groups is 1. The summed E-state index contributed by atoms with van der Waals surface area (Å²) in [6, 6.07) is -4.55. The lowest BCUT2D eigenvalue weighted by molar-refractivity contribution is -0.185. The molecule has 5 rings (SSSR count). The molecule has 4 atom stereocenters. The lowest BCUT2D eigenvalue weighted by Crippen LogP contribution is -2.76. The van der Waals surface area contributed by atoms with Gasteiger partial charge < -0.3 is 19.5 Å². The van der Waals surface area contributed by atoms with E-state index >= 15 is 0 Å². The highest BCUT2D eigenvalue weighted by Crippen LogP contribution is 2.64. The van der Waals surface area contributed by atoms with Gasteiger partial charge in [0.05, 0.1) is 26.3 Å². The van der Waals surface area contributed by atoms with Crippen LogP contribution in [-0.2, 0) is 16.6 Å². The maximum absolute atomic E-state index is 13.0. The molecule has 1 unspecified atom stereocenters. The van der Waals surface area contributed by atoms with Gasteiger partial charge >= 0.3 is 0 Å². The van der Waals surface area contributed by atoms with Gasteiger partial charge in [0.15, 0.2) is 23.4 Å². The number of carbonyl (C=O) groups is 1. The van der Waals surface area contributed by atoms with E-state index < -0.39 is 91.4 Å². The molecule has 2 bridgehead atoms. The van der Waals surface area contributed by atoms with Crippen LogP contribution in [0.2, 0.25) is 0 Å². The second-order valence-corrected chi connectivity index (χ2v) is 6.43. The monoisotopic (exact) mass is 326 g/mol. The molecule has 2 aliphatic heterocycles. The maximum Gasteiger partial charge on any atom is 0.174 e. The lowest BCUT2D eigenvalue weighted by atomic mass is 9.49. The van der Waals surface area contributed by atoms with Crippen molar-refractivity contribution in [1.82, 2.24) is 4.90 Å². The number of Topliss-reactive ketones (excluding diaryl/α,β-unsaturated/α-hetero) is 1. The van der Waals surface area contributed by atoms with Crippen LogP contribution in [0.4, 0.5) is 0 Å². The Hall–Kier alpha value is -1.59. The molecule has 1 aromatic carbocycles. The molecule has 2 heterocycles. The van der Waals surface area contributed by atoms with Crippen LogP contribution in [0.1, 0.15) is 45.5 Å². The summed E-state index contributed by atoms with van der Waals surface area (Å²) in [6.07, 6.45) is -5.53. The first-order chi connectivity index (χ1) is 15.4. The van der Waals surface area contributed by atoms with Gasteiger partial charge in [-0.1, -0.05) is 6.04 Å². The Morgan fingerprint density at radius 2 is 2.52 bits per heavy atom. The minimum Gasteiger partial charge on any atom is -0.493 e. The Bertz CT molecular complexity index is 1130. The average molecular weight is 326 g/mol. The van der Waals surface area contributed by atoms with Crippen molar-refractivity contribution >= 4 is 5.78 Å². The Balaban J connectivity index is 1.95. The Morgan fingerprint density at radius 3 is 3.35 bits per heavy atom. The van der Waals surface area contributed by atoms with Crippen LogP contribution in [-0.4, -0.2) is 54.1 Å². The Labute approximate surface area is 150 Å². The molecule has 4 aliphatic rings. The first kappa shape index (κ1) is 6.73. The fourth-order valence-electron chi connectivity index (χ4n) is 4.65. The molecule has 2 fully saturated rings. The minimum absolute atomic E-state index is 0.189. The summed E-state index contributed by atoms with van der Waals surface area (Å²) < 4.78 is 101. The van der Waals surface area contributed by atoms with Gasteiger partial charge in [-0.15, -0.1) is 0 Å². The van der Waals surface area contributed by atoms with E-state index in [4.69, 9.17) is 23.2 Å². The standard InChI is InChI=1S/C18H21NO4/c1-19-8-7-17-14-10-3-4-12(22-2)15(14)23-16(17)11(20)5-6-18(17,21)13(19)9-10/h3-4,13,16,21H,5-9H2,1-2H3/t13-,16?,17+,18-/m1/s1/i1D3,2D3,3D,4D,9D2,13D. The van der Waals surface area contributed by atoms with Gasteiger partial charge in [0, 0.05) is 24.9 Å². The fourth-order valence-corrected chi connectivity index (χ4v) is 4.65. The normalized spacial score (nSPS) is 54.0. The molecule has 1 N–H and O–H groups in total. The highest BCUT2D eigenvalue weighted by Gasteiger charge is 2.72. The van der Waals surface area contributed by atoms with Crippen molar-refractivity contribution in [2.75, 3.05) is 20.6 Å². The molecule has 23 heavy (non-hydrogen) atoms. The van der Waals surface area contributed by atoms with E-state index in [0.29, 0.717) is 4.90 Å². The smallest absolute Gasteiger partial charge is 0.174 e. The molecule has 0 aromatic heterocycles. The summed E-state index contributed by atoms with van der Waals surface area (Å²) in [5.41, 5.74) is -5.04. The molecular formula is C18H21NO4. The second kappa shape index (κ2) is 4.08. The highest BCUT2D eigenvalue weighted by atomic mass is 16.5. The Morgan fingerprint density at radius 1 is 1.61 bits per heavy atom. The highest BCUT2D eigenvalue weighted by molar-refractivity contribution is 5.90. The van der Waals surface area contributed by atoms with E-state index in [9.17, 15) is 11.3 Å². The van der Waals surface area contributed by atoms with Crippen molar-refractivity contribution in [3.05, 3.63) is 23.2 Å². The number of piperidine rings is 1. The number of hydrogen-bond donors (Lipinski definition) is 1. The van der Waals surface area contributed by atoms with Gasteiger partial charge in [-0.2, -0.15) is 0 Å². The molecular weight excluding hydrogens is 294 g/mol. The number of hydrogen-bond acceptors (Lipinski definition) is 5. The van der Waals surface area contributed by atoms with Crippen LogP contribution in [0.3, 0.4) is 0 Å². The van der Waals surface area contributed by atoms with Gasteiger partial charge in [-0.3, -0.25) is 4.79 Å². The van der Waals surface area contributed by atoms with Crippen LogP contribution in [0.15, 0.2) is 12.1 Å². The summed E-state index contributed by atoms with van der Waals surface area (Å²) in [5, 5.41) is 12.1. The van der Waals surface area contributed by atoms with Gasteiger partial charge in [-0.05, 0) is 44.3 Å². The summed E-state index contributed by atoms with van der Waals surface area (Å²) in [4.78, 5) is 13.6. The van der Waals surface area contributed by atoms with Crippen LogP contribution in [0.5, 0.6) is 11.5 Å². The number of rotatable bonds is 1. The number of ether oxygens (including phenoxy) is 2. The van der Waals surface area contributed by atoms with E-state index in [1.807, 2.05) is 0 Å². The van der Waals surface area contributed by atoms with Crippen LogP contribution in [0.25, 0.3) is 0 Å².